The maximum absolute atomic E-state index is 12.1. The fourth-order valence-corrected chi connectivity index (χ4v) is 2.42. The molecule has 0 spiro atoms. The van der Waals surface area contributed by atoms with E-state index in [1.165, 1.54) is 11.8 Å². The number of rotatable bonds is 7. The van der Waals surface area contributed by atoms with Gasteiger partial charge >= 0.3 is 5.97 Å². The summed E-state index contributed by atoms with van der Waals surface area (Å²) < 4.78 is 0. The summed E-state index contributed by atoms with van der Waals surface area (Å²) in [4.78, 5) is 24.0. The zero-order valence-electron chi connectivity index (χ0n) is 11.5. The predicted octanol–water partition coefficient (Wildman–Crippen LogP) is 3.29. The molecule has 0 aliphatic heterocycles. The van der Waals surface area contributed by atoms with Gasteiger partial charge in [-0.1, -0.05) is 24.9 Å². The number of amides is 1. The molecular weight excluding hydrogens is 298 g/mol. The lowest BCUT2D eigenvalue weighted by Crippen LogP contribution is -2.33. The number of nitrogens with one attached hydrogen (secondary N) is 1. The normalized spacial score (nSPS) is 11.9. The smallest absolute Gasteiger partial charge is 0.308 e. The summed E-state index contributed by atoms with van der Waals surface area (Å²) in [6, 6.07) is 5.21. The van der Waals surface area contributed by atoms with Crippen LogP contribution in [0.25, 0.3) is 0 Å². The van der Waals surface area contributed by atoms with Crippen molar-refractivity contribution in [3.63, 3.8) is 0 Å². The molecule has 1 rings (SSSR count). The number of aliphatic carboxylic acids is 1. The van der Waals surface area contributed by atoms with Crippen LogP contribution < -0.4 is 5.32 Å². The molecular formula is C14H18ClNO3S. The molecule has 110 valence electrons. The fourth-order valence-electron chi connectivity index (χ4n) is 1.78. The molecule has 0 saturated carbocycles. The molecule has 0 heterocycles. The molecule has 0 saturated heterocycles. The zero-order chi connectivity index (χ0) is 15.1. The van der Waals surface area contributed by atoms with Crippen molar-refractivity contribution in [2.45, 2.75) is 24.7 Å². The summed E-state index contributed by atoms with van der Waals surface area (Å²) in [7, 11) is 0. The molecule has 0 bridgehead atoms. The van der Waals surface area contributed by atoms with E-state index in [0.29, 0.717) is 17.0 Å². The summed E-state index contributed by atoms with van der Waals surface area (Å²) in [5.74, 6) is -1.80. The highest BCUT2D eigenvalue weighted by atomic mass is 35.5. The van der Waals surface area contributed by atoms with Crippen molar-refractivity contribution in [2.24, 2.45) is 5.92 Å². The summed E-state index contributed by atoms with van der Waals surface area (Å²) in [6.07, 6.45) is 3.20. The highest BCUT2D eigenvalue weighted by Crippen LogP contribution is 2.23. The predicted molar refractivity (Wildman–Crippen MR) is 81.6 cm³/mol. The van der Waals surface area contributed by atoms with Crippen molar-refractivity contribution in [2.75, 3.05) is 12.8 Å². The number of carbonyl (C=O) groups excluding carboxylic acids is 1. The Morgan fingerprint density at radius 2 is 2.15 bits per heavy atom. The Kier molecular flexibility index (Phi) is 6.88. The van der Waals surface area contributed by atoms with E-state index in [-0.39, 0.29) is 12.5 Å². The van der Waals surface area contributed by atoms with Gasteiger partial charge in [0.15, 0.2) is 0 Å². The van der Waals surface area contributed by atoms with Crippen LogP contribution in [0, 0.1) is 5.92 Å². The molecule has 0 aliphatic rings. The van der Waals surface area contributed by atoms with Crippen LogP contribution in [-0.4, -0.2) is 29.8 Å². The maximum atomic E-state index is 12.1. The van der Waals surface area contributed by atoms with Crippen LogP contribution in [0.1, 0.15) is 30.1 Å². The number of hydrogen-bond donors (Lipinski definition) is 2. The van der Waals surface area contributed by atoms with Crippen molar-refractivity contribution in [1.82, 2.24) is 5.32 Å². The van der Waals surface area contributed by atoms with Crippen LogP contribution in [-0.2, 0) is 4.79 Å². The average molecular weight is 316 g/mol. The Balaban J connectivity index is 2.73. The topological polar surface area (TPSA) is 66.4 Å². The molecule has 2 N–H and O–H groups in total. The Hall–Kier alpha value is -1.20. The van der Waals surface area contributed by atoms with E-state index in [0.717, 1.165) is 11.3 Å². The van der Waals surface area contributed by atoms with E-state index in [9.17, 15) is 9.59 Å². The van der Waals surface area contributed by atoms with Gasteiger partial charge in [0.25, 0.3) is 5.91 Å². The van der Waals surface area contributed by atoms with Crippen LogP contribution in [0.2, 0.25) is 5.02 Å². The first kappa shape index (κ1) is 16.9. The molecule has 0 aromatic heterocycles. The Bertz CT molecular complexity index is 493. The molecule has 0 aliphatic carbocycles. The van der Waals surface area contributed by atoms with Crippen molar-refractivity contribution < 1.29 is 14.7 Å². The molecule has 4 nitrogen and oxygen atoms in total. The van der Waals surface area contributed by atoms with E-state index in [4.69, 9.17) is 16.7 Å². The molecule has 1 aromatic rings. The Labute approximate surface area is 127 Å². The zero-order valence-corrected chi connectivity index (χ0v) is 13.1. The Morgan fingerprint density at radius 3 is 2.70 bits per heavy atom. The lowest BCUT2D eigenvalue weighted by atomic mass is 10.0. The summed E-state index contributed by atoms with van der Waals surface area (Å²) >= 11 is 7.51. The summed E-state index contributed by atoms with van der Waals surface area (Å²) in [5, 5.41) is 12.1. The van der Waals surface area contributed by atoms with Gasteiger partial charge in [-0.05, 0) is 30.9 Å². The standard InChI is InChI=1S/C14H18ClNO3S/c1-3-4-9(14(18)19)8-16-13(17)11-7-10(20-2)5-6-12(11)15/h5-7,9H,3-4,8H2,1-2H3,(H,16,17)(H,18,19). The largest absolute Gasteiger partial charge is 0.481 e. The van der Waals surface area contributed by atoms with Crippen molar-refractivity contribution >= 4 is 35.2 Å². The van der Waals surface area contributed by atoms with Gasteiger partial charge in [-0.2, -0.15) is 0 Å². The average Bonchev–Trinajstić information content (AvgIpc) is 2.43. The van der Waals surface area contributed by atoms with Gasteiger partial charge in [-0.15, -0.1) is 11.8 Å². The second kappa shape index (κ2) is 8.17. The van der Waals surface area contributed by atoms with Crippen LogP contribution in [0.5, 0.6) is 0 Å². The summed E-state index contributed by atoms with van der Waals surface area (Å²) in [5.41, 5.74) is 0.374. The monoisotopic (exact) mass is 315 g/mol. The van der Waals surface area contributed by atoms with Gasteiger partial charge in [0.2, 0.25) is 0 Å². The first-order valence-corrected chi connectivity index (χ1v) is 7.94. The third kappa shape index (κ3) is 4.72. The van der Waals surface area contributed by atoms with E-state index in [2.05, 4.69) is 5.32 Å². The second-order valence-corrected chi connectivity index (χ2v) is 5.67. The minimum Gasteiger partial charge on any atom is -0.481 e. The van der Waals surface area contributed by atoms with Crippen LogP contribution in [0.3, 0.4) is 0 Å². The highest BCUT2D eigenvalue weighted by molar-refractivity contribution is 7.98. The molecule has 0 fully saturated rings. The highest BCUT2D eigenvalue weighted by Gasteiger charge is 2.18. The number of benzene rings is 1. The molecule has 1 aromatic carbocycles. The summed E-state index contributed by atoms with van der Waals surface area (Å²) in [6.45, 7) is 2.03. The third-order valence-electron chi connectivity index (χ3n) is 2.91. The molecule has 1 amide bonds. The van der Waals surface area contributed by atoms with E-state index >= 15 is 0 Å². The molecule has 1 atom stereocenters. The lowest BCUT2D eigenvalue weighted by Gasteiger charge is -2.13. The minimum atomic E-state index is -0.892. The molecule has 20 heavy (non-hydrogen) atoms. The molecule has 6 heteroatoms. The van der Waals surface area contributed by atoms with Gasteiger partial charge in [0, 0.05) is 11.4 Å². The van der Waals surface area contributed by atoms with Crippen LogP contribution >= 0.6 is 23.4 Å². The van der Waals surface area contributed by atoms with Crippen molar-refractivity contribution in [1.29, 1.82) is 0 Å². The Morgan fingerprint density at radius 1 is 1.45 bits per heavy atom. The van der Waals surface area contributed by atoms with E-state index < -0.39 is 11.9 Å². The third-order valence-corrected chi connectivity index (χ3v) is 3.97. The van der Waals surface area contributed by atoms with Crippen LogP contribution in [0.4, 0.5) is 0 Å². The number of thioether (sulfide) groups is 1. The number of hydrogen-bond acceptors (Lipinski definition) is 3. The van der Waals surface area contributed by atoms with Gasteiger partial charge in [-0.25, -0.2) is 0 Å². The first-order chi connectivity index (χ1) is 9.49. The van der Waals surface area contributed by atoms with Gasteiger partial charge in [0.1, 0.15) is 0 Å². The van der Waals surface area contributed by atoms with Crippen LogP contribution in [0.15, 0.2) is 23.1 Å². The number of carbonyl (C=O) groups is 2. The van der Waals surface area contributed by atoms with Gasteiger partial charge in [-0.3, -0.25) is 9.59 Å². The maximum Gasteiger partial charge on any atom is 0.308 e. The quantitative estimate of drug-likeness (QED) is 0.758. The second-order valence-electron chi connectivity index (χ2n) is 4.38. The molecule has 1 unspecified atom stereocenters. The SMILES string of the molecule is CCCC(CNC(=O)c1cc(SC)ccc1Cl)C(=O)O. The van der Waals surface area contributed by atoms with Gasteiger partial charge < -0.3 is 10.4 Å². The number of halogens is 1. The minimum absolute atomic E-state index is 0.113. The first-order valence-electron chi connectivity index (χ1n) is 6.34. The van der Waals surface area contributed by atoms with Crippen molar-refractivity contribution in [3.8, 4) is 0 Å². The van der Waals surface area contributed by atoms with Crippen molar-refractivity contribution in [3.05, 3.63) is 28.8 Å². The number of carboxylic acid groups (broad SMARTS) is 1. The fraction of sp³-hybridized carbons (Fsp3) is 0.429. The van der Waals surface area contributed by atoms with E-state index in [1.54, 1.807) is 12.1 Å². The van der Waals surface area contributed by atoms with Gasteiger partial charge in [0.05, 0.1) is 16.5 Å². The lowest BCUT2D eigenvalue weighted by molar-refractivity contribution is -0.141. The molecule has 0 radical (unpaired) electrons. The van der Waals surface area contributed by atoms with E-state index in [1.807, 2.05) is 19.2 Å². The number of carboxylic acids is 1.